The largest absolute Gasteiger partial charge is 0.394 e. The number of nitrogens with zero attached hydrogens (tertiary/aromatic N) is 6. The molecule has 1 amide bonds. The van der Waals surface area contributed by atoms with Crippen LogP contribution in [0.4, 0.5) is 26.3 Å². The van der Waals surface area contributed by atoms with Crippen LogP contribution in [-0.2, 0) is 14.3 Å². The van der Waals surface area contributed by atoms with Gasteiger partial charge < -0.3 is 30.1 Å². The third kappa shape index (κ3) is 6.53. The number of aliphatic hydroxyl groups is 3. The number of ether oxygens (including phenoxy) is 2. The lowest BCUT2D eigenvalue weighted by atomic mass is 9.86. The van der Waals surface area contributed by atoms with Crippen molar-refractivity contribution in [3.8, 4) is 22.5 Å². The van der Waals surface area contributed by atoms with Crippen LogP contribution >= 0.6 is 11.6 Å². The van der Waals surface area contributed by atoms with Crippen molar-refractivity contribution in [1.82, 2.24) is 35.3 Å². The van der Waals surface area contributed by atoms with Gasteiger partial charge in [0.1, 0.15) is 35.7 Å². The maximum atomic E-state index is 14.2. The number of aliphatic hydroxyl groups excluding tert-OH is 3. The van der Waals surface area contributed by atoms with Gasteiger partial charge in [0.25, 0.3) is 0 Å². The molecule has 2 saturated heterocycles. The third-order valence-electron chi connectivity index (χ3n) is 9.08. The normalized spacial score (nSPS) is 24.8. The Morgan fingerprint density at radius 3 is 2.13 bits per heavy atom. The molecule has 4 N–H and O–H groups in total. The number of hydrogen-bond donors (Lipinski definition) is 4. The fourth-order valence-electron chi connectivity index (χ4n) is 6.53. The van der Waals surface area contributed by atoms with Gasteiger partial charge in [0.2, 0.25) is 11.7 Å². The van der Waals surface area contributed by atoms with Crippen molar-refractivity contribution in [2.24, 2.45) is 0 Å². The standard InChI is InChI=1S/C33H26ClF6N7O6/c34-17-3-1-2-14(6-17)28(46-11-22(42-44-46)15-7-18(35)26(39)19(36)8-15)32(51)41-25-4-5-52-33(25)31(50)29(30(49)24(13-48)53-33)47-12-23(43-45-47)16-9-20(37)27(40)21(38)10-16/h1-3,6-12,24-25,28-31,48-50H,4-5,13H2,(H,41,51)/t24-,25-,28?,29+,30+,31-,33+/m1/s1. The smallest absolute Gasteiger partial charge is 0.249 e. The highest BCUT2D eigenvalue weighted by Crippen LogP contribution is 2.43. The SMILES string of the molecule is O=C(N[C@@H]1CCO[C@]12O[C@H](CO)[C@H](O)[C@H](n1cc(-c3cc(F)c(F)c(F)c3)nn1)[C@H]2O)C(c1cccc(Cl)c1)n1cc(-c2cc(F)c(F)c(F)c2)nn1. The van der Waals surface area contributed by atoms with Crippen LogP contribution in [0.25, 0.3) is 22.5 Å². The van der Waals surface area contributed by atoms with E-state index in [4.69, 9.17) is 21.1 Å². The number of carbonyl (C=O) groups excluding carboxylic acids is 1. The lowest BCUT2D eigenvalue weighted by Crippen LogP contribution is -2.69. The second-order valence-electron chi connectivity index (χ2n) is 12.3. The number of amides is 1. The summed E-state index contributed by atoms with van der Waals surface area (Å²) >= 11 is 6.24. The van der Waals surface area contributed by atoms with Gasteiger partial charge in [0, 0.05) is 16.1 Å². The van der Waals surface area contributed by atoms with E-state index in [0.29, 0.717) is 24.3 Å². The summed E-state index contributed by atoms with van der Waals surface area (Å²) in [6.45, 7) is -0.903. The molecule has 1 unspecified atom stereocenters. The number of aromatic nitrogens is 6. The molecule has 7 atom stereocenters. The highest BCUT2D eigenvalue weighted by atomic mass is 35.5. The number of nitrogens with one attached hydrogen (secondary N) is 1. The Morgan fingerprint density at radius 1 is 0.925 bits per heavy atom. The Labute approximate surface area is 299 Å². The van der Waals surface area contributed by atoms with Gasteiger partial charge in [-0.3, -0.25) is 4.79 Å². The molecule has 2 aromatic heterocycles. The molecule has 0 bridgehead atoms. The van der Waals surface area contributed by atoms with Gasteiger partial charge in [-0.15, -0.1) is 10.2 Å². The fraction of sp³-hybridized carbons (Fsp3) is 0.303. The lowest BCUT2D eigenvalue weighted by Gasteiger charge is -2.49. The summed E-state index contributed by atoms with van der Waals surface area (Å²) in [6.07, 6.45) is -2.62. The van der Waals surface area contributed by atoms with Crippen LogP contribution in [0.1, 0.15) is 24.1 Å². The Bertz CT molecular complexity index is 2150. The fourth-order valence-corrected chi connectivity index (χ4v) is 6.73. The van der Waals surface area contributed by atoms with Crippen molar-refractivity contribution in [3.63, 3.8) is 0 Å². The average Bonchev–Trinajstić information content (AvgIpc) is 3.89. The Hall–Kier alpha value is -4.92. The number of halogens is 7. The molecule has 3 aromatic carbocycles. The molecule has 53 heavy (non-hydrogen) atoms. The Balaban J connectivity index is 1.21. The molecule has 5 aromatic rings. The molecule has 4 heterocycles. The molecule has 278 valence electrons. The van der Waals surface area contributed by atoms with Gasteiger partial charge >= 0.3 is 0 Å². The second-order valence-corrected chi connectivity index (χ2v) is 12.8. The summed E-state index contributed by atoms with van der Waals surface area (Å²) in [6, 6.07) is 4.80. The van der Waals surface area contributed by atoms with Crippen LogP contribution in [0.5, 0.6) is 0 Å². The molecular formula is C33H26ClF6N7O6. The van der Waals surface area contributed by atoms with E-state index in [2.05, 4.69) is 25.9 Å². The molecule has 0 aliphatic carbocycles. The average molecular weight is 766 g/mol. The van der Waals surface area contributed by atoms with E-state index in [-0.39, 0.29) is 46.1 Å². The molecule has 2 aliphatic heterocycles. The number of benzene rings is 3. The van der Waals surface area contributed by atoms with Crippen molar-refractivity contribution >= 4 is 17.5 Å². The molecule has 20 heteroatoms. The molecular weight excluding hydrogens is 740 g/mol. The van der Waals surface area contributed by atoms with Crippen LogP contribution in [0.3, 0.4) is 0 Å². The minimum absolute atomic E-state index is 0.0273. The Kier molecular flexibility index (Phi) is 9.72. The first-order valence-corrected chi connectivity index (χ1v) is 16.2. The number of carbonyl (C=O) groups is 1. The molecule has 1 spiro atoms. The van der Waals surface area contributed by atoms with Crippen LogP contribution in [0.2, 0.25) is 5.02 Å². The Morgan fingerprint density at radius 2 is 1.53 bits per heavy atom. The predicted molar refractivity (Wildman–Crippen MR) is 168 cm³/mol. The van der Waals surface area contributed by atoms with Crippen LogP contribution < -0.4 is 5.32 Å². The van der Waals surface area contributed by atoms with Crippen molar-refractivity contribution in [2.75, 3.05) is 13.2 Å². The predicted octanol–water partition coefficient (Wildman–Crippen LogP) is 3.24. The highest BCUT2D eigenvalue weighted by Gasteiger charge is 2.62. The molecule has 13 nitrogen and oxygen atoms in total. The first-order chi connectivity index (χ1) is 25.3. The molecule has 2 aliphatic rings. The number of rotatable bonds is 8. The van der Waals surface area contributed by atoms with Gasteiger partial charge in [0.05, 0.1) is 31.6 Å². The van der Waals surface area contributed by atoms with Crippen LogP contribution in [0.15, 0.2) is 60.9 Å². The molecule has 2 fully saturated rings. The topological polar surface area (TPSA) is 170 Å². The lowest BCUT2D eigenvalue weighted by molar-refractivity contribution is -0.345. The summed E-state index contributed by atoms with van der Waals surface area (Å²) in [5.74, 6) is -12.2. The monoisotopic (exact) mass is 765 g/mol. The van der Waals surface area contributed by atoms with Gasteiger partial charge in [-0.2, -0.15) is 0 Å². The van der Waals surface area contributed by atoms with Gasteiger partial charge in [-0.25, -0.2) is 35.7 Å². The van der Waals surface area contributed by atoms with E-state index >= 15 is 0 Å². The van der Waals surface area contributed by atoms with Crippen molar-refractivity contribution in [2.45, 2.75) is 48.6 Å². The van der Waals surface area contributed by atoms with Gasteiger partial charge in [-0.1, -0.05) is 34.2 Å². The maximum absolute atomic E-state index is 14.2. The minimum Gasteiger partial charge on any atom is -0.394 e. The van der Waals surface area contributed by atoms with Crippen molar-refractivity contribution in [3.05, 3.63) is 106 Å². The van der Waals surface area contributed by atoms with E-state index < -0.39 is 89.6 Å². The van der Waals surface area contributed by atoms with Crippen molar-refractivity contribution < 1.29 is 55.9 Å². The summed E-state index contributed by atoms with van der Waals surface area (Å²) < 4.78 is 97.1. The summed E-state index contributed by atoms with van der Waals surface area (Å²) in [5.41, 5.74) is -0.396. The first kappa shape index (κ1) is 36.4. The van der Waals surface area contributed by atoms with Crippen LogP contribution in [0, 0.1) is 34.9 Å². The van der Waals surface area contributed by atoms with E-state index in [1.165, 1.54) is 18.3 Å². The quantitative estimate of drug-likeness (QED) is 0.136. The van der Waals surface area contributed by atoms with Crippen molar-refractivity contribution in [1.29, 1.82) is 0 Å². The van der Waals surface area contributed by atoms with E-state index in [1.807, 2.05) is 0 Å². The zero-order valence-electron chi connectivity index (χ0n) is 26.8. The first-order valence-electron chi connectivity index (χ1n) is 15.8. The second kappa shape index (κ2) is 14.1. The van der Waals surface area contributed by atoms with Gasteiger partial charge in [-0.05, 0) is 48.4 Å². The highest BCUT2D eigenvalue weighted by molar-refractivity contribution is 6.30. The minimum atomic E-state index is -2.14. The molecule has 0 saturated carbocycles. The third-order valence-corrected chi connectivity index (χ3v) is 9.32. The zero-order chi connectivity index (χ0) is 37.8. The summed E-state index contributed by atoms with van der Waals surface area (Å²) in [5, 5.41) is 51.8. The molecule has 7 rings (SSSR count). The number of hydrogen-bond acceptors (Lipinski definition) is 10. The van der Waals surface area contributed by atoms with E-state index in [0.717, 1.165) is 15.6 Å². The summed E-state index contributed by atoms with van der Waals surface area (Å²) in [7, 11) is 0. The maximum Gasteiger partial charge on any atom is 0.249 e. The zero-order valence-corrected chi connectivity index (χ0v) is 27.5. The van der Waals surface area contributed by atoms with Crippen LogP contribution in [-0.4, -0.2) is 94.6 Å². The summed E-state index contributed by atoms with van der Waals surface area (Å²) in [4.78, 5) is 14.2. The molecule has 0 radical (unpaired) electrons. The van der Waals surface area contributed by atoms with Gasteiger partial charge in [0.15, 0.2) is 40.9 Å². The van der Waals surface area contributed by atoms with E-state index in [9.17, 15) is 46.5 Å². The van der Waals surface area contributed by atoms with E-state index in [1.54, 1.807) is 12.1 Å².